The molecule has 0 aromatic heterocycles. The number of sulfonamides is 1. The van der Waals surface area contributed by atoms with E-state index < -0.39 is 45.8 Å². The molecule has 0 radical (unpaired) electrons. The zero-order valence-corrected chi connectivity index (χ0v) is 24.2. The van der Waals surface area contributed by atoms with Gasteiger partial charge in [-0.05, 0) is 76.6 Å². The van der Waals surface area contributed by atoms with Gasteiger partial charge in [-0.3, -0.25) is 13.9 Å². The number of amides is 2. The number of anilines is 1. The molecule has 0 aliphatic carbocycles. The number of carbonyl (C=O) groups is 2. The van der Waals surface area contributed by atoms with E-state index in [1.807, 2.05) is 27.7 Å². The van der Waals surface area contributed by atoms with Gasteiger partial charge in [0.05, 0.1) is 15.6 Å². The number of hydrogen-bond donors (Lipinski definition) is 1. The Kier molecular flexibility index (Phi) is 9.40. The summed E-state index contributed by atoms with van der Waals surface area (Å²) in [5.41, 5.74) is 1.01. The first-order valence-corrected chi connectivity index (χ1v) is 14.2. The van der Waals surface area contributed by atoms with Crippen LogP contribution in [0.15, 0.2) is 77.7 Å². The molecule has 1 atom stereocenters. The van der Waals surface area contributed by atoms with Crippen LogP contribution < -0.4 is 9.62 Å². The first-order chi connectivity index (χ1) is 18.2. The van der Waals surface area contributed by atoms with Crippen molar-refractivity contribution in [2.24, 2.45) is 0 Å². The van der Waals surface area contributed by atoms with Crippen LogP contribution in [0.1, 0.15) is 38.8 Å². The molecular formula is C29H33ClFN3O4S. The van der Waals surface area contributed by atoms with Crippen molar-refractivity contribution in [3.05, 3.63) is 94.8 Å². The predicted molar refractivity (Wildman–Crippen MR) is 151 cm³/mol. The van der Waals surface area contributed by atoms with Crippen molar-refractivity contribution in [1.29, 1.82) is 0 Å². The number of carbonyl (C=O) groups excluding carboxylic acids is 2. The molecule has 3 aromatic rings. The number of halogens is 2. The van der Waals surface area contributed by atoms with E-state index in [-0.39, 0.29) is 22.2 Å². The molecule has 208 valence electrons. The second kappa shape index (κ2) is 12.2. The molecular weight excluding hydrogens is 541 g/mol. The lowest BCUT2D eigenvalue weighted by molar-refractivity contribution is -0.140. The molecule has 0 bridgehead atoms. The summed E-state index contributed by atoms with van der Waals surface area (Å²) in [6.45, 7) is 8.19. The van der Waals surface area contributed by atoms with Crippen molar-refractivity contribution in [1.82, 2.24) is 10.2 Å². The first kappa shape index (κ1) is 30.1. The van der Waals surface area contributed by atoms with Crippen molar-refractivity contribution >= 4 is 39.1 Å². The van der Waals surface area contributed by atoms with Crippen molar-refractivity contribution in [2.45, 2.75) is 57.6 Å². The Labute approximate surface area is 234 Å². The van der Waals surface area contributed by atoms with Gasteiger partial charge in [0.2, 0.25) is 11.8 Å². The van der Waals surface area contributed by atoms with Crippen molar-refractivity contribution in [3.63, 3.8) is 0 Å². The fourth-order valence-electron chi connectivity index (χ4n) is 3.85. The third-order valence-electron chi connectivity index (χ3n) is 5.94. The Morgan fingerprint density at radius 1 is 0.974 bits per heavy atom. The van der Waals surface area contributed by atoms with Crippen molar-refractivity contribution in [2.75, 3.05) is 10.8 Å². The summed E-state index contributed by atoms with van der Waals surface area (Å²) in [6, 6.07) is 17.2. The maximum atomic E-state index is 13.9. The van der Waals surface area contributed by atoms with E-state index in [0.29, 0.717) is 5.56 Å². The summed E-state index contributed by atoms with van der Waals surface area (Å²) in [4.78, 5) is 28.2. The molecule has 0 aliphatic heterocycles. The minimum atomic E-state index is -4.22. The van der Waals surface area contributed by atoms with Gasteiger partial charge in [0, 0.05) is 12.1 Å². The van der Waals surface area contributed by atoms with Gasteiger partial charge in [-0.25, -0.2) is 12.8 Å². The Morgan fingerprint density at radius 3 is 2.13 bits per heavy atom. The predicted octanol–water partition coefficient (Wildman–Crippen LogP) is 5.31. The number of para-hydroxylation sites is 1. The summed E-state index contributed by atoms with van der Waals surface area (Å²) < 4.78 is 42.1. The molecule has 2 amide bonds. The molecule has 0 fully saturated rings. The van der Waals surface area contributed by atoms with Crippen LogP contribution in [-0.2, 0) is 26.2 Å². The lowest BCUT2D eigenvalue weighted by atomic mass is 10.1. The fraction of sp³-hybridized carbons (Fsp3) is 0.310. The van der Waals surface area contributed by atoms with Crippen LogP contribution in [0.2, 0.25) is 5.02 Å². The number of hydrogen-bond acceptors (Lipinski definition) is 4. The maximum Gasteiger partial charge on any atom is 0.264 e. The molecule has 0 unspecified atom stereocenters. The van der Waals surface area contributed by atoms with Crippen molar-refractivity contribution < 1.29 is 22.4 Å². The van der Waals surface area contributed by atoms with Crippen LogP contribution in [0.4, 0.5) is 10.1 Å². The summed E-state index contributed by atoms with van der Waals surface area (Å²) in [6.07, 6.45) is 0. The normalized spacial score (nSPS) is 12.5. The SMILES string of the molecule is Cc1ccc(S(=O)(=O)N(CC(=O)N(Cc2ccc(F)cc2)[C@H](C)C(=O)NC(C)(C)C)c2ccccc2Cl)cc1. The highest BCUT2D eigenvalue weighted by molar-refractivity contribution is 7.92. The van der Waals surface area contributed by atoms with Crippen molar-refractivity contribution in [3.8, 4) is 0 Å². The Hall–Kier alpha value is -3.43. The average molecular weight is 574 g/mol. The van der Waals surface area contributed by atoms with E-state index >= 15 is 0 Å². The monoisotopic (exact) mass is 573 g/mol. The highest BCUT2D eigenvalue weighted by Gasteiger charge is 2.34. The van der Waals surface area contributed by atoms with Crippen LogP contribution in [0.5, 0.6) is 0 Å². The fourth-order valence-corrected chi connectivity index (χ4v) is 5.57. The topological polar surface area (TPSA) is 86.8 Å². The lowest BCUT2D eigenvalue weighted by Gasteiger charge is -2.33. The van der Waals surface area contributed by atoms with Gasteiger partial charge in [-0.2, -0.15) is 0 Å². The molecule has 0 spiro atoms. The van der Waals surface area contributed by atoms with E-state index in [2.05, 4.69) is 5.32 Å². The van der Waals surface area contributed by atoms with E-state index in [0.717, 1.165) is 9.87 Å². The average Bonchev–Trinajstić information content (AvgIpc) is 2.86. The number of nitrogens with zero attached hydrogens (tertiary/aromatic N) is 2. The van der Waals surface area contributed by atoms with E-state index in [4.69, 9.17) is 11.6 Å². The lowest BCUT2D eigenvalue weighted by Crippen LogP contribution is -2.54. The molecule has 0 saturated heterocycles. The molecule has 10 heteroatoms. The second-order valence-electron chi connectivity index (χ2n) is 10.3. The van der Waals surface area contributed by atoms with Gasteiger partial charge >= 0.3 is 0 Å². The highest BCUT2D eigenvalue weighted by atomic mass is 35.5. The summed E-state index contributed by atoms with van der Waals surface area (Å²) in [7, 11) is -4.22. The van der Waals surface area contributed by atoms with Gasteiger partial charge in [-0.15, -0.1) is 0 Å². The minimum Gasteiger partial charge on any atom is -0.350 e. The number of rotatable bonds is 9. The number of aryl methyl sites for hydroxylation is 1. The molecule has 0 saturated carbocycles. The zero-order valence-electron chi connectivity index (χ0n) is 22.6. The molecule has 0 aliphatic rings. The summed E-state index contributed by atoms with van der Waals surface area (Å²) in [5, 5.41) is 3.00. The molecule has 7 nitrogen and oxygen atoms in total. The summed E-state index contributed by atoms with van der Waals surface area (Å²) >= 11 is 6.40. The first-order valence-electron chi connectivity index (χ1n) is 12.4. The maximum absolute atomic E-state index is 13.9. The number of benzene rings is 3. The Bertz CT molecular complexity index is 1420. The van der Waals surface area contributed by atoms with Gasteiger partial charge in [0.1, 0.15) is 18.4 Å². The van der Waals surface area contributed by atoms with E-state index in [9.17, 15) is 22.4 Å². The minimum absolute atomic E-state index is 0.00979. The van der Waals surface area contributed by atoms with E-state index in [1.165, 1.54) is 53.4 Å². The molecule has 1 N–H and O–H groups in total. The van der Waals surface area contributed by atoms with Gasteiger partial charge in [0.25, 0.3) is 10.0 Å². The van der Waals surface area contributed by atoms with Gasteiger partial charge in [-0.1, -0.05) is 53.6 Å². The second-order valence-corrected chi connectivity index (χ2v) is 12.6. The standard InChI is InChI=1S/C29H33ClFN3O4S/c1-20-10-16-24(17-11-20)39(37,38)34(26-9-7-6-8-25(26)30)19-27(35)33(18-22-12-14-23(31)15-13-22)21(2)28(36)32-29(3,4)5/h6-17,21H,18-19H2,1-5H3,(H,32,36)/t21-/m1/s1. The van der Waals surface area contributed by atoms with E-state index in [1.54, 1.807) is 31.2 Å². The molecule has 3 rings (SSSR count). The third kappa shape index (κ3) is 7.80. The van der Waals surface area contributed by atoms with Gasteiger partial charge < -0.3 is 10.2 Å². The van der Waals surface area contributed by atoms with Crippen LogP contribution in [0.3, 0.4) is 0 Å². The Balaban J connectivity index is 2.04. The number of nitrogens with one attached hydrogen (secondary N) is 1. The smallest absolute Gasteiger partial charge is 0.264 e. The summed E-state index contributed by atoms with van der Waals surface area (Å²) in [5.74, 6) is -1.49. The quantitative estimate of drug-likeness (QED) is 0.376. The van der Waals surface area contributed by atoms with Crippen LogP contribution in [0, 0.1) is 12.7 Å². The molecule has 3 aromatic carbocycles. The zero-order chi connectivity index (χ0) is 29.0. The molecule has 39 heavy (non-hydrogen) atoms. The largest absolute Gasteiger partial charge is 0.350 e. The molecule has 0 heterocycles. The Morgan fingerprint density at radius 2 is 1.56 bits per heavy atom. The van der Waals surface area contributed by atoms with Crippen LogP contribution in [-0.4, -0.2) is 43.3 Å². The van der Waals surface area contributed by atoms with Crippen LogP contribution >= 0.6 is 11.6 Å². The van der Waals surface area contributed by atoms with Crippen LogP contribution in [0.25, 0.3) is 0 Å². The highest BCUT2D eigenvalue weighted by Crippen LogP contribution is 2.31. The third-order valence-corrected chi connectivity index (χ3v) is 8.03. The van der Waals surface area contributed by atoms with Gasteiger partial charge in [0.15, 0.2) is 0 Å².